The first-order chi connectivity index (χ1) is 14.3. The van der Waals surface area contributed by atoms with Crippen molar-refractivity contribution in [1.29, 1.82) is 0 Å². The lowest BCUT2D eigenvalue weighted by molar-refractivity contribution is -0.0307. The van der Waals surface area contributed by atoms with Crippen LogP contribution in [0.3, 0.4) is 0 Å². The number of hydrogen-bond acceptors (Lipinski definition) is 4. The van der Waals surface area contributed by atoms with E-state index >= 15 is 0 Å². The fourth-order valence-electron chi connectivity index (χ4n) is 3.95. The van der Waals surface area contributed by atoms with Crippen LogP contribution in [0.4, 0.5) is 4.79 Å². The van der Waals surface area contributed by atoms with Crippen molar-refractivity contribution < 1.29 is 9.53 Å². The van der Waals surface area contributed by atoms with Gasteiger partial charge in [0, 0.05) is 5.75 Å². The molecule has 29 heavy (non-hydrogen) atoms. The number of nitrogens with zero attached hydrogens (tertiary/aromatic N) is 1. The summed E-state index contributed by atoms with van der Waals surface area (Å²) >= 11 is 1.60. The van der Waals surface area contributed by atoms with Gasteiger partial charge in [-0.2, -0.15) is 0 Å². The first-order valence-corrected chi connectivity index (χ1v) is 10.6. The number of hydrogen-bond donors (Lipinski definition) is 1. The van der Waals surface area contributed by atoms with Gasteiger partial charge in [0.15, 0.2) is 0 Å². The van der Waals surface area contributed by atoms with Gasteiger partial charge in [-0.15, -0.1) is 0 Å². The fourth-order valence-corrected chi connectivity index (χ4v) is 4.86. The molecule has 144 valence electrons. The number of amides is 1. The molecule has 1 amide bonds. The second-order valence-electron chi connectivity index (χ2n) is 6.96. The Labute approximate surface area is 174 Å². The van der Waals surface area contributed by atoms with E-state index in [1.165, 1.54) is 0 Å². The van der Waals surface area contributed by atoms with Gasteiger partial charge in [-0.3, -0.25) is 0 Å². The molecular weight excluding hydrogens is 380 g/mol. The zero-order valence-corrected chi connectivity index (χ0v) is 16.5. The number of rotatable bonds is 5. The average molecular weight is 401 g/mol. The predicted octanol–water partition coefficient (Wildman–Crippen LogP) is 4.89. The molecule has 2 heterocycles. The third-order valence-corrected chi connectivity index (χ3v) is 6.27. The van der Waals surface area contributed by atoms with Crippen LogP contribution in [-0.2, 0) is 10.3 Å². The van der Waals surface area contributed by atoms with Gasteiger partial charge in [-0.05, 0) is 22.8 Å². The molecular formula is C24H20N2O2S. The molecule has 1 fully saturated rings. The van der Waals surface area contributed by atoms with Crippen molar-refractivity contribution >= 4 is 17.9 Å². The topological polar surface area (TPSA) is 41.6 Å². The lowest BCUT2D eigenvalue weighted by Crippen LogP contribution is -2.59. The molecule has 1 atom stereocenters. The number of fused-ring (bicyclic) bond motifs is 1. The molecule has 3 aromatic rings. The van der Waals surface area contributed by atoms with Crippen molar-refractivity contribution in [3.05, 3.63) is 120 Å². The summed E-state index contributed by atoms with van der Waals surface area (Å²) in [4.78, 5) is 13.9. The van der Waals surface area contributed by atoms with Gasteiger partial charge in [0.2, 0.25) is 5.56 Å². The van der Waals surface area contributed by atoms with E-state index in [4.69, 9.17) is 4.74 Å². The first-order valence-electron chi connectivity index (χ1n) is 9.55. The summed E-state index contributed by atoms with van der Waals surface area (Å²) in [5.74, 6) is 1.56. The molecule has 0 aliphatic carbocycles. The Hall–Kier alpha value is -3.18. The molecule has 5 rings (SSSR count). The number of benzene rings is 3. The van der Waals surface area contributed by atoms with Crippen molar-refractivity contribution in [2.45, 2.75) is 11.1 Å². The van der Waals surface area contributed by atoms with Crippen LogP contribution < -0.4 is 5.32 Å². The molecule has 1 saturated heterocycles. The van der Waals surface area contributed by atoms with Crippen molar-refractivity contribution in [1.82, 2.24) is 10.2 Å². The van der Waals surface area contributed by atoms with Gasteiger partial charge >= 0.3 is 6.09 Å². The minimum absolute atomic E-state index is 0.255. The molecule has 3 aromatic carbocycles. The molecule has 0 aromatic heterocycles. The number of ether oxygens (including phenoxy) is 1. The predicted molar refractivity (Wildman–Crippen MR) is 115 cm³/mol. The van der Waals surface area contributed by atoms with Gasteiger partial charge in [0.05, 0.1) is 0 Å². The summed E-state index contributed by atoms with van der Waals surface area (Å²) in [6, 6.07) is 31.1. The van der Waals surface area contributed by atoms with E-state index in [2.05, 4.69) is 47.8 Å². The zero-order chi connectivity index (χ0) is 19.7. The fraction of sp³-hybridized carbons (Fsp3) is 0.125. The highest BCUT2D eigenvalue weighted by Crippen LogP contribution is 2.41. The molecule has 0 spiro atoms. The lowest BCUT2D eigenvalue weighted by Gasteiger charge is -2.46. The van der Waals surface area contributed by atoms with Crippen molar-refractivity contribution in [3.8, 4) is 0 Å². The molecule has 5 heteroatoms. The molecule has 0 radical (unpaired) electrons. The normalized spacial score (nSPS) is 18.2. The minimum Gasteiger partial charge on any atom is -0.415 e. The van der Waals surface area contributed by atoms with E-state index in [0.29, 0.717) is 0 Å². The highest BCUT2D eigenvalue weighted by molar-refractivity contribution is 8.00. The highest BCUT2D eigenvalue weighted by Gasteiger charge is 2.46. The van der Waals surface area contributed by atoms with Crippen molar-refractivity contribution in [3.63, 3.8) is 0 Å². The van der Waals surface area contributed by atoms with Gasteiger partial charge in [0.25, 0.3) is 0 Å². The zero-order valence-electron chi connectivity index (χ0n) is 15.7. The first kappa shape index (κ1) is 17.9. The van der Waals surface area contributed by atoms with Gasteiger partial charge in [0.1, 0.15) is 11.4 Å². The summed E-state index contributed by atoms with van der Waals surface area (Å²) < 4.78 is 5.27. The molecule has 0 unspecified atom stereocenters. The van der Waals surface area contributed by atoms with E-state index in [-0.39, 0.29) is 11.7 Å². The van der Waals surface area contributed by atoms with E-state index in [1.807, 2.05) is 54.6 Å². The van der Waals surface area contributed by atoms with E-state index < -0.39 is 5.54 Å². The summed E-state index contributed by atoms with van der Waals surface area (Å²) in [6.45, 7) is 0. The molecule has 0 bridgehead atoms. The number of carbonyl (C=O) groups is 1. The van der Waals surface area contributed by atoms with Crippen LogP contribution in [0.15, 0.2) is 103 Å². The molecule has 4 nitrogen and oxygen atoms in total. The maximum atomic E-state index is 12.2. The van der Waals surface area contributed by atoms with Crippen LogP contribution in [0.1, 0.15) is 16.7 Å². The van der Waals surface area contributed by atoms with Crippen LogP contribution in [0.25, 0.3) is 0 Å². The number of thioether (sulfide) groups is 1. The van der Waals surface area contributed by atoms with Crippen molar-refractivity contribution in [2.24, 2.45) is 0 Å². The maximum absolute atomic E-state index is 12.2. The van der Waals surface area contributed by atoms with Crippen LogP contribution in [0, 0.1) is 0 Å². The van der Waals surface area contributed by atoms with Crippen molar-refractivity contribution in [2.75, 3.05) is 5.75 Å². The van der Waals surface area contributed by atoms with Gasteiger partial charge in [-0.25, -0.2) is 9.69 Å². The Kier molecular flexibility index (Phi) is 4.52. The Morgan fingerprint density at radius 2 is 1.31 bits per heavy atom. The molecule has 2 aliphatic heterocycles. The molecule has 2 aliphatic rings. The Morgan fingerprint density at radius 1 is 0.828 bits per heavy atom. The smallest absolute Gasteiger partial charge is 0.415 e. The Balaban J connectivity index is 1.72. The Morgan fingerprint density at radius 3 is 1.76 bits per heavy atom. The number of nitrogens with one attached hydrogen (secondary N) is 1. The quantitative estimate of drug-likeness (QED) is 0.619. The Bertz CT molecular complexity index is 942. The second-order valence-corrected chi connectivity index (χ2v) is 8.03. The number of carbonyl (C=O) groups excluding carboxylic acids is 1. The standard InChI is InChI=1S/C24H20N2O2S/c27-22-26-21(16-17-29-23(26)28-22)25-24(18-10-4-1-5-11-18,19-12-6-2-7-13-19)20-14-8-3-9-15-20/h1-16,23,25H,17H2/t23-/m1/s1. The summed E-state index contributed by atoms with van der Waals surface area (Å²) in [5.41, 5.74) is 2.39. The third kappa shape index (κ3) is 2.98. The minimum atomic E-state index is -0.655. The van der Waals surface area contributed by atoms with E-state index in [9.17, 15) is 4.79 Å². The second kappa shape index (κ2) is 7.33. The van der Waals surface area contributed by atoms with Gasteiger partial charge < -0.3 is 10.1 Å². The average Bonchev–Trinajstić information content (AvgIpc) is 2.78. The van der Waals surface area contributed by atoms with Crippen LogP contribution >= 0.6 is 11.8 Å². The van der Waals surface area contributed by atoms with Gasteiger partial charge in [-0.1, -0.05) is 103 Å². The molecule has 0 saturated carbocycles. The SMILES string of the molecule is O=C1O[C@@H]2SCC=C(NC(c3ccccc3)(c3ccccc3)c3ccccc3)N12. The largest absolute Gasteiger partial charge is 0.421 e. The summed E-state index contributed by atoms with van der Waals surface area (Å²) in [6.07, 6.45) is 1.74. The highest BCUT2D eigenvalue weighted by atomic mass is 32.2. The summed E-state index contributed by atoms with van der Waals surface area (Å²) in [5, 5.41) is 3.75. The van der Waals surface area contributed by atoms with E-state index in [0.717, 1.165) is 28.3 Å². The van der Waals surface area contributed by atoms with E-state index in [1.54, 1.807) is 16.7 Å². The summed E-state index contributed by atoms with van der Waals surface area (Å²) in [7, 11) is 0. The molecule has 1 N–H and O–H groups in total. The van der Waals surface area contributed by atoms with Crippen LogP contribution in [0.2, 0.25) is 0 Å². The third-order valence-electron chi connectivity index (χ3n) is 5.32. The monoisotopic (exact) mass is 400 g/mol. The van der Waals surface area contributed by atoms with Crippen LogP contribution in [-0.4, -0.2) is 22.3 Å². The van der Waals surface area contributed by atoms with Crippen LogP contribution in [0.5, 0.6) is 0 Å². The lowest BCUT2D eigenvalue weighted by atomic mass is 9.77. The maximum Gasteiger partial charge on any atom is 0.421 e.